The predicted octanol–water partition coefficient (Wildman–Crippen LogP) is 6.49. The summed E-state index contributed by atoms with van der Waals surface area (Å²) in [5, 5.41) is 14.7. The van der Waals surface area contributed by atoms with E-state index in [0.29, 0.717) is 24.6 Å². The van der Waals surface area contributed by atoms with Crippen LogP contribution in [-0.2, 0) is 11.3 Å². The van der Waals surface area contributed by atoms with Crippen molar-refractivity contribution in [3.63, 3.8) is 0 Å². The van der Waals surface area contributed by atoms with Gasteiger partial charge in [-0.05, 0) is 63.1 Å². The molecule has 4 aromatic rings. The maximum absolute atomic E-state index is 11.4. The molecule has 3 fully saturated rings. The number of para-hydroxylation sites is 1. The molecule has 7 rings (SSSR count). The lowest BCUT2D eigenvalue weighted by molar-refractivity contribution is 0.0147. The van der Waals surface area contributed by atoms with Crippen LogP contribution in [0.2, 0.25) is 0 Å². The third kappa shape index (κ3) is 4.06. The molecule has 0 spiro atoms. The number of carboxylic acid groups (broad SMARTS) is 1. The van der Waals surface area contributed by atoms with Gasteiger partial charge in [0.15, 0.2) is 0 Å². The van der Waals surface area contributed by atoms with Crippen LogP contribution in [0.5, 0.6) is 0 Å². The van der Waals surface area contributed by atoms with Crippen LogP contribution in [-0.4, -0.2) is 39.4 Å². The van der Waals surface area contributed by atoms with Gasteiger partial charge in [-0.1, -0.05) is 41.6 Å². The zero-order chi connectivity index (χ0) is 25.8. The van der Waals surface area contributed by atoms with Gasteiger partial charge in [-0.2, -0.15) is 0 Å². The van der Waals surface area contributed by atoms with Crippen molar-refractivity contribution < 1.29 is 19.2 Å². The monoisotopic (exact) mass is 509 g/mol. The molecular formula is C31H31N3O4. The van der Waals surface area contributed by atoms with E-state index in [1.165, 1.54) is 11.8 Å². The Morgan fingerprint density at radius 2 is 1.87 bits per heavy atom. The van der Waals surface area contributed by atoms with Gasteiger partial charge in [0.2, 0.25) is 0 Å². The molecule has 0 amide bonds. The molecule has 7 nitrogen and oxygen atoms in total. The molecule has 3 atom stereocenters. The van der Waals surface area contributed by atoms with Crippen molar-refractivity contribution in [3.05, 3.63) is 77.2 Å². The van der Waals surface area contributed by atoms with Crippen molar-refractivity contribution in [2.24, 2.45) is 0 Å². The van der Waals surface area contributed by atoms with Gasteiger partial charge >= 0.3 is 5.97 Å². The molecule has 2 aromatic heterocycles. The summed E-state index contributed by atoms with van der Waals surface area (Å²) < 4.78 is 12.5. The standard InChI is InChI=1S/C31H31N3O4/c1-18-5-2-3-7-25(18)29-26(30(38-33-29)19-9-10-19)17-37-24-14-22-11-12-23(15-24)34(22)27-8-4-6-20-13-21(31(35)36)16-32-28(20)27/h2-8,13,16,19,22-24H,9-12,14-15,17H2,1H3,(H,35,36)/t22-,23?,24?/m0/s1. The van der Waals surface area contributed by atoms with Crippen molar-refractivity contribution in [2.75, 3.05) is 4.90 Å². The summed E-state index contributed by atoms with van der Waals surface area (Å²) in [6.45, 7) is 2.64. The van der Waals surface area contributed by atoms with Gasteiger partial charge in [-0.25, -0.2) is 4.79 Å². The molecule has 1 saturated carbocycles. The van der Waals surface area contributed by atoms with Crippen molar-refractivity contribution in [1.29, 1.82) is 0 Å². The lowest BCUT2D eigenvalue weighted by Gasteiger charge is -2.40. The number of hydrogen-bond acceptors (Lipinski definition) is 6. The first-order valence-electron chi connectivity index (χ1n) is 13.6. The molecule has 1 aliphatic carbocycles. The number of piperidine rings is 1. The van der Waals surface area contributed by atoms with Crippen molar-refractivity contribution in [1.82, 2.24) is 10.1 Å². The summed E-state index contributed by atoms with van der Waals surface area (Å²) in [7, 11) is 0. The molecule has 2 bridgehead atoms. The second-order valence-electron chi connectivity index (χ2n) is 11.0. The minimum atomic E-state index is -0.953. The number of nitrogens with zero attached hydrogens (tertiary/aromatic N) is 3. The number of aromatic nitrogens is 2. The zero-order valence-electron chi connectivity index (χ0n) is 21.5. The fraction of sp³-hybridized carbons (Fsp3) is 0.387. The normalized spacial score (nSPS) is 22.8. The topological polar surface area (TPSA) is 88.7 Å². The van der Waals surface area contributed by atoms with Gasteiger partial charge in [0.1, 0.15) is 11.5 Å². The first-order valence-corrected chi connectivity index (χ1v) is 13.6. The van der Waals surface area contributed by atoms with Crippen LogP contribution in [0, 0.1) is 6.92 Å². The minimum absolute atomic E-state index is 0.178. The summed E-state index contributed by atoms with van der Waals surface area (Å²) in [6.07, 6.45) is 8.14. The molecule has 3 aliphatic rings. The molecule has 4 heterocycles. The largest absolute Gasteiger partial charge is 0.478 e. The Kier molecular flexibility index (Phi) is 5.69. The van der Waals surface area contributed by atoms with Gasteiger partial charge in [-0.3, -0.25) is 4.98 Å². The first-order chi connectivity index (χ1) is 18.6. The highest BCUT2D eigenvalue weighted by Gasteiger charge is 2.42. The summed E-state index contributed by atoms with van der Waals surface area (Å²) in [6, 6.07) is 16.9. The molecule has 2 saturated heterocycles. The van der Waals surface area contributed by atoms with E-state index in [4.69, 9.17) is 9.26 Å². The Bertz CT molecular complexity index is 1510. The van der Waals surface area contributed by atoms with E-state index < -0.39 is 5.97 Å². The number of aromatic carboxylic acids is 1. The van der Waals surface area contributed by atoms with Crippen LogP contribution >= 0.6 is 0 Å². The Labute approximate surface area is 221 Å². The number of anilines is 1. The lowest BCUT2D eigenvalue weighted by atomic mass is 9.97. The molecule has 7 heteroatoms. The average Bonchev–Trinajstić information content (AvgIpc) is 3.63. The lowest BCUT2D eigenvalue weighted by Crippen LogP contribution is -2.45. The number of carbonyl (C=O) groups is 1. The number of fused-ring (bicyclic) bond motifs is 3. The summed E-state index contributed by atoms with van der Waals surface area (Å²) in [5.41, 5.74) is 6.53. The van der Waals surface area contributed by atoms with E-state index in [1.807, 2.05) is 12.1 Å². The summed E-state index contributed by atoms with van der Waals surface area (Å²) in [5.74, 6) is 0.523. The number of aryl methyl sites for hydroxylation is 1. The van der Waals surface area contributed by atoms with E-state index in [1.54, 1.807) is 6.07 Å². The number of benzene rings is 2. The second-order valence-corrected chi connectivity index (χ2v) is 11.0. The third-order valence-corrected chi connectivity index (χ3v) is 8.53. The Morgan fingerprint density at radius 3 is 2.61 bits per heavy atom. The van der Waals surface area contributed by atoms with Gasteiger partial charge in [0, 0.05) is 40.7 Å². The van der Waals surface area contributed by atoms with Crippen molar-refractivity contribution in [3.8, 4) is 11.3 Å². The summed E-state index contributed by atoms with van der Waals surface area (Å²) in [4.78, 5) is 18.5. The SMILES string of the molecule is Cc1ccccc1-c1noc(C2CC2)c1COC1CC2CC[C@@H](C1)N2c1cccc2cc(C(=O)O)cnc12. The maximum atomic E-state index is 11.4. The number of hydrogen-bond donors (Lipinski definition) is 1. The van der Waals surface area contributed by atoms with Crippen molar-refractivity contribution >= 4 is 22.6 Å². The Morgan fingerprint density at radius 1 is 1.08 bits per heavy atom. The maximum Gasteiger partial charge on any atom is 0.337 e. The molecule has 194 valence electrons. The molecule has 2 aromatic carbocycles. The smallest absolute Gasteiger partial charge is 0.337 e. The van der Waals surface area contributed by atoms with Crippen LogP contribution in [0.1, 0.15) is 71.7 Å². The average molecular weight is 510 g/mol. The van der Waals surface area contributed by atoms with Gasteiger partial charge < -0.3 is 19.3 Å². The molecule has 38 heavy (non-hydrogen) atoms. The van der Waals surface area contributed by atoms with Crippen LogP contribution < -0.4 is 4.90 Å². The number of pyridine rings is 1. The molecular weight excluding hydrogens is 478 g/mol. The molecule has 2 aliphatic heterocycles. The molecule has 0 radical (unpaired) electrons. The number of ether oxygens (including phenoxy) is 1. The quantitative estimate of drug-likeness (QED) is 0.305. The van der Waals surface area contributed by atoms with Gasteiger partial charge in [0.25, 0.3) is 0 Å². The zero-order valence-corrected chi connectivity index (χ0v) is 21.5. The van der Waals surface area contributed by atoms with Crippen LogP contribution in [0.3, 0.4) is 0 Å². The van der Waals surface area contributed by atoms with Gasteiger partial charge in [-0.15, -0.1) is 0 Å². The number of rotatable bonds is 7. The highest BCUT2D eigenvalue weighted by atomic mass is 16.5. The highest BCUT2D eigenvalue weighted by molar-refractivity contribution is 5.96. The van der Waals surface area contributed by atoms with Crippen LogP contribution in [0.4, 0.5) is 5.69 Å². The van der Waals surface area contributed by atoms with Crippen LogP contribution in [0.25, 0.3) is 22.2 Å². The molecule has 1 N–H and O–H groups in total. The van der Waals surface area contributed by atoms with E-state index >= 15 is 0 Å². The van der Waals surface area contributed by atoms with E-state index in [9.17, 15) is 9.90 Å². The first kappa shape index (κ1) is 23.4. The third-order valence-electron chi connectivity index (χ3n) is 8.53. The highest BCUT2D eigenvalue weighted by Crippen LogP contribution is 2.46. The number of carboxylic acids is 1. The van der Waals surface area contributed by atoms with E-state index in [0.717, 1.165) is 77.7 Å². The minimum Gasteiger partial charge on any atom is -0.478 e. The van der Waals surface area contributed by atoms with Crippen molar-refractivity contribution in [2.45, 2.75) is 76.2 Å². The fourth-order valence-corrected chi connectivity index (χ4v) is 6.51. The van der Waals surface area contributed by atoms with Gasteiger partial charge in [0.05, 0.1) is 29.5 Å². The summed E-state index contributed by atoms with van der Waals surface area (Å²) >= 11 is 0. The van der Waals surface area contributed by atoms with Crippen LogP contribution in [0.15, 0.2) is 59.3 Å². The van der Waals surface area contributed by atoms with E-state index in [-0.39, 0.29) is 11.7 Å². The Balaban J connectivity index is 1.11. The second kappa shape index (κ2) is 9.24. The Hall–Kier alpha value is -3.71. The predicted molar refractivity (Wildman–Crippen MR) is 144 cm³/mol. The molecule has 2 unspecified atom stereocenters. The van der Waals surface area contributed by atoms with E-state index in [2.05, 4.69) is 52.3 Å². The fourth-order valence-electron chi connectivity index (χ4n) is 6.51.